The van der Waals surface area contributed by atoms with Crippen LogP contribution in [0.1, 0.15) is 30.1 Å². The molecule has 3 heterocycles. The van der Waals surface area contributed by atoms with E-state index in [-0.39, 0.29) is 0 Å². The number of hydrogen-bond acceptors (Lipinski definition) is 6. The second kappa shape index (κ2) is 7.92. The van der Waals surface area contributed by atoms with Crippen molar-refractivity contribution in [1.82, 2.24) is 25.2 Å². The zero-order valence-electron chi connectivity index (χ0n) is 15.8. The predicted molar refractivity (Wildman–Crippen MR) is 101 cm³/mol. The molecule has 0 amide bonds. The van der Waals surface area contributed by atoms with Gasteiger partial charge in [-0.25, -0.2) is 0 Å². The predicted octanol–water partition coefficient (Wildman–Crippen LogP) is 3.23. The summed E-state index contributed by atoms with van der Waals surface area (Å²) in [6.07, 6.45) is 5.12. The van der Waals surface area contributed by atoms with Gasteiger partial charge in [-0.15, -0.1) is 0 Å². The van der Waals surface area contributed by atoms with Crippen molar-refractivity contribution in [1.29, 1.82) is 0 Å². The highest BCUT2D eigenvalue weighted by Gasteiger charge is 2.22. The molecule has 7 heteroatoms. The van der Waals surface area contributed by atoms with Crippen molar-refractivity contribution in [3.8, 4) is 17.0 Å². The molecule has 0 spiro atoms. The number of hydrogen-bond donors (Lipinski definition) is 1. The first-order valence-corrected chi connectivity index (χ1v) is 9.39. The Morgan fingerprint density at radius 2 is 2.00 bits per heavy atom. The Morgan fingerprint density at radius 1 is 1.22 bits per heavy atom. The largest absolute Gasteiger partial charge is 0.497 e. The average molecular weight is 367 g/mol. The number of ether oxygens (including phenoxy) is 1. The van der Waals surface area contributed by atoms with Crippen LogP contribution in [0.4, 0.5) is 0 Å². The molecule has 1 aliphatic rings. The first-order valence-electron chi connectivity index (χ1n) is 9.39. The molecule has 0 bridgehead atoms. The molecular formula is C20H25N5O2. The van der Waals surface area contributed by atoms with Crippen LogP contribution in [-0.4, -0.2) is 45.4 Å². The van der Waals surface area contributed by atoms with Crippen LogP contribution in [0.15, 0.2) is 35.0 Å². The summed E-state index contributed by atoms with van der Waals surface area (Å²) in [5, 5.41) is 11.3. The molecule has 7 nitrogen and oxygen atoms in total. The second-order valence-electron chi connectivity index (χ2n) is 7.16. The van der Waals surface area contributed by atoms with E-state index in [9.17, 15) is 0 Å². The van der Waals surface area contributed by atoms with E-state index in [1.54, 1.807) is 7.11 Å². The molecule has 0 radical (unpaired) electrons. The number of methoxy groups -OCH3 is 1. The van der Waals surface area contributed by atoms with Crippen molar-refractivity contribution in [3.63, 3.8) is 0 Å². The lowest BCUT2D eigenvalue weighted by atomic mass is 9.93. The highest BCUT2D eigenvalue weighted by molar-refractivity contribution is 5.63. The topological polar surface area (TPSA) is 80.1 Å². The van der Waals surface area contributed by atoms with Gasteiger partial charge in [-0.05, 0) is 63.0 Å². The second-order valence-corrected chi connectivity index (χ2v) is 7.16. The minimum Gasteiger partial charge on any atom is -0.497 e. The van der Waals surface area contributed by atoms with Gasteiger partial charge in [0.2, 0.25) is 5.89 Å². The number of aromatic nitrogens is 4. The van der Waals surface area contributed by atoms with Gasteiger partial charge < -0.3 is 9.26 Å². The quantitative estimate of drug-likeness (QED) is 0.720. The number of H-pyrrole nitrogens is 1. The Bertz CT molecular complexity index is 863. The van der Waals surface area contributed by atoms with Crippen LogP contribution in [0.25, 0.3) is 11.3 Å². The third kappa shape index (κ3) is 4.19. The first-order chi connectivity index (χ1) is 13.2. The summed E-state index contributed by atoms with van der Waals surface area (Å²) in [7, 11) is 1.68. The van der Waals surface area contributed by atoms with E-state index in [1.165, 1.54) is 5.56 Å². The molecule has 0 unspecified atom stereocenters. The van der Waals surface area contributed by atoms with Gasteiger partial charge in [-0.2, -0.15) is 10.1 Å². The molecule has 1 aliphatic heterocycles. The van der Waals surface area contributed by atoms with E-state index in [0.717, 1.165) is 61.8 Å². The standard InChI is InChI=1S/C20H25N5O2/c1-14-22-19(27-24-14)11-15-7-9-25(10-8-15)13-17-12-21-23-20(17)16-3-5-18(26-2)6-4-16/h3-6,12,15H,7-11,13H2,1-2H3,(H,21,23). The molecule has 1 aromatic carbocycles. The summed E-state index contributed by atoms with van der Waals surface area (Å²) < 4.78 is 10.5. The number of rotatable bonds is 6. The number of nitrogens with one attached hydrogen (secondary N) is 1. The zero-order valence-corrected chi connectivity index (χ0v) is 15.8. The average Bonchev–Trinajstić information content (AvgIpc) is 3.32. The summed E-state index contributed by atoms with van der Waals surface area (Å²) in [5.41, 5.74) is 3.44. The van der Waals surface area contributed by atoms with Gasteiger partial charge in [-0.1, -0.05) is 5.16 Å². The number of benzene rings is 1. The van der Waals surface area contributed by atoms with Gasteiger partial charge in [0.25, 0.3) is 0 Å². The van der Waals surface area contributed by atoms with Gasteiger partial charge >= 0.3 is 0 Å². The number of piperidine rings is 1. The molecule has 0 atom stereocenters. The van der Waals surface area contributed by atoms with E-state index < -0.39 is 0 Å². The fourth-order valence-electron chi connectivity index (χ4n) is 3.70. The Morgan fingerprint density at radius 3 is 2.67 bits per heavy atom. The van der Waals surface area contributed by atoms with Crippen LogP contribution < -0.4 is 4.74 Å². The lowest BCUT2D eigenvalue weighted by Crippen LogP contribution is -2.33. The summed E-state index contributed by atoms with van der Waals surface area (Å²) in [4.78, 5) is 6.82. The molecule has 1 saturated heterocycles. The number of aromatic amines is 1. The molecule has 2 aromatic heterocycles. The van der Waals surface area contributed by atoms with Crippen molar-refractivity contribution in [2.24, 2.45) is 5.92 Å². The highest BCUT2D eigenvalue weighted by Crippen LogP contribution is 2.27. The maximum Gasteiger partial charge on any atom is 0.226 e. The maximum atomic E-state index is 5.26. The molecule has 1 N–H and O–H groups in total. The molecule has 0 saturated carbocycles. The fraction of sp³-hybridized carbons (Fsp3) is 0.450. The summed E-state index contributed by atoms with van der Waals surface area (Å²) >= 11 is 0. The van der Waals surface area contributed by atoms with Crippen molar-refractivity contribution in [3.05, 3.63) is 47.7 Å². The van der Waals surface area contributed by atoms with Crippen LogP contribution in [0, 0.1) is 12.8 Å². The number of likely N-dealkylation sites (tertiary alicyclic amines) is 1. The Labute approximate surface area is 158 Å². The van der Waals surface area contributed by atoms with Crippen molar-refractivity contribution >= 4 is 0 Å². The molecule has 27 heavy (non-hydrogen) atoms. The van der Waals surface area contributed by atoms with Crippen molar-refractivity contribution in [2.75, 3.05) is 20.2 Å². The minimum atomic E-state index is 0.617. The molecule has 0 aliphatic carbocycles. The van der Waals surface area contributed by atoms with Crippen LogP contribution >= 0.6 is 0 Å². The van der Waals surface area contributed by atoms with Crippen LogP contribution in [0.2, 0.25) is 0 Å². The van der Waals surface area contributed by atoms with Gasteiger partial charge in [-0.3, -0.25) is 10.00 Å². The van der Waals surface area contributed by atoms with E-state index >= 15 is 0 Å². The molecule has 3 aromatic rings. The van der Waals surface area contributed by atoms with Crippen LogP contribution in [0.5, 0.6) is 5.75 Å². The SMILES string of the molecule is COc1ccc(-c2[nH]ncc2CN2CCC(Cc3nc(C)no3)CC2)cc1. The molecule has 142 valence electrons. The van der Waals surface area contributed by atoms with Gasteiger partial charge in [0.1, 0.15) is 5.75 Å². The highest BCUT2D eigenvalue weighted by atomic mass is 16.5. The van der Waals surface area contributed by atoms with E-state index in [0.29, 0.717) is 11.7 Å². The molecular weight excluding hydrogens is 342 g/mol. The van der Waals surface area contributed by atoms with Crippen molar-refractivity contribution < 1.29 is 9.26 Å². The van der Waals surface area contributed by atoms with Gasteiger partial charge in [0.15, 0.2) is 5.82 Å². The van der Waals surface area contributed by atoms with Gasteiger partial charge in [0, 0.05) is 24.1 Å². The number of nitrogens with zero attached hydrogens (tertiary/aromatic N) is 4. The Hall–Kier alpha value is -2.67. The summed E-state index contributed by atoms with van der Waals surface area (Å²) in [6.45, 7) is 4.92. The van der Waals surface area contributed by atoms with Crippen LogP contribution in [-0.2, 0) is 13.0 Å². The van der Waals surface area contributed by atoms with Crippen molar-refractivity contribution in [2.45, 2.75) is 32.7 Å². The minimum absolute atomic E-state index is 0.617. The lowest BCUT2D eigenvalue weighted by molar-refractivity contribution is 0.171. The van der Waals surface area contributed by atoms with E-state index in [4.69, 9.17) is 9.26 Å². The zero-order chi connectivity index (χ0) is 18.6. The van der Waals surface area contributed by atoms with E-state index in [1.807, 2.05) is 25.3 Å². The third-order valence-corrected chi connectivity index (χ3v) is 5.23. The van der Waals surface area contributed by atoms with Gasteiger partial charge in [0.05, 0.1) is 19.0 Å². The lowest BCUT2D eigenvalue weighted by Gasteiger charge is -2.31. The Balaban J connectivity index is 1.35. The molecule has 1 fully saturated rings. The smallest absolute Gasteiger partial charge is 0.226 e. The Kier molecular flexibility index (Phi) is 5.20. The van der Waals surface area contributed by atoms with Crippen LogP contribution in [0.3, 0.4) is 0 Å². The summed E-state index contributed by atoms with van der Waals surface area (Å²) in [6, 6.07) is 8.08. The monoisotopic (exact) mass is 367 g/mol. The summed E-state index contributed by atoms with van der Waals surface area (Å²) in [5.74, 6) is 2.96. The normalized spacial score (nSPS) is 15.9. The molecule has 4 rings (SSSR count). The fourth-order valence-corrected chi connectivity index (χ4v) is 3.70. The maximum absolute atomic E-state index is 5.26. The van der Waals surface area contributed by atoms with E-state index in [2.05, 4.69) is 37.4 Å². The first kappa shape index (κ1) is 17.7. The number of aryl methyl sites for hydroxylation is 1. The third-order valence-electron chi connectivity index (χ3n) is 5.23.